The summed E-state index contributed by atoms with van der Waals surface area (Å²) in [4.78, 5) is 31.1. The van der Waals surface area contributed by atoms with E-state index >= 15 is 0 Å². The van der Waals surface area contributed by atoms with Crippen molar-refractivity contribution in [3.05, 3.63) is 58.7 Å². The van der Waals surface area contributed by atoms with Gasteiger partial charge >= 0.3 is 0 Å². The van der Waals surface area contributed by atoms with E-state index < -0.39 is 5.25 Å². The molecule has 28 heavy (non-hydrogen) atoms. The average molecular weight is 396 g/mol. The molecular weight excluding hydrogens is 370 g/mol. The maximum Gasteiger partial charge on any atom is 0.242 e. The van der Waals surface area contributed by atoms with Gasteiger partial charge in [0, 0.05) is 19.2 Å². The lowest BCUT2D eigenvalue weighted by Gasteiger charge is -2.10. The van der Waals surface area contributed by atoms with E-state index in [1.807, 2.05) is 57.2 Å². The number of amides is 2. The fraction of sp³-hybridized carbons (Fsp3) is 0.318. The Labute approximate surface area is 170 Å². The van der Waals surface area contributed by atoms with Crippen LogP contribution in [0.2, 0.25) is 0 Å². The Kier molecular flexibility index (Phi) is 5.89. The molecule has 146 valence electrons. The van der Waals surface area contributed by atoms with Crippen molar-refractivity contribution in [2.24, 2.45) is 4.99 Å². The van der Waals surface area contributed by atoms with Gasteiger partial charge in [0.2, 0.25) is 11.8 Å². The molecule has 0 saturated carbocycles. The monoisotopic (exact) mass is 395 g/mol. The second kappa shape index (κ2) is 8.19. The number of rotatable bonds is 4. The number of amidine groups is 1. The van der Waals surface area contributed by atoms with E-state index in [1.54, 1.807) is 7.05 Å². The quantitative estimate of drug-likeness (QED) is 0.828. The first-order valence-corrected chi connectivity index (χ1v) is 10.1. The van der Waals surface area contributed by atoms with Crippen molar-refractivity contribution in [1.29, 1.82) is 0 Å². The third kappa shape index (κ3) is 4.44. The van der Waals surface area contributed by atoms with Crippen LogP contribution in [0, 0.1) is 27.7 Å². The fourth-order valence-electron chi connectivity index (χ4n) is 2.90. The zero-order chi connectivity index (χ0) is 20.4. The summed E-state index contributed by atoms with van der Waals surface area (Å²) in [7, 11) is 1.70. The van der Waals surface area contributed by atoms with Gasteiger partial charge in [-0.2, -0.15) is 0 Å². The van der Waals surface area contributed by atoms with Crippen molar-refractivity contribution >= 4 is 40.1 Å². The Hall–Kier alpha value is -2.60. The number of carbonyl (C=O) groups excluding carboxylic acids is 2. The van der Waals surface area contributed by atoms with E-state index in [0.29, 0.717) is 5.17 Å². The largest absolute Gasteiger partial charge is 0.326 e. The number of thioether (sulfide) groups is 1. The van der Waals surface area contributed by atoms with Gasteiger partial charge in [-0.25, -0.2) is 4.99 Å². The van der Waals surface area contributed by atoms with Crippen LogP contribution >= 0.6 is 11.8 Å². The first-order chi connectivity index (χ1) is 13.2. The van der Waals surface area contributed by atoms with Gasteiger partial charge in [-0.05, 0) is 74.2 Å². The molecule has 6 heteroatoms. The summed E-state index contributed by atoms with van der Waals surface area (Å²) >= 11 is 1.34. The van der Waals surface area contributed by atoms with Gasteiger partial charge in [0.05, 0.1) is 5.69 Å². The molecule has 0 unspecified atom stereocenters. The maximum absolute atomic E-state index is 12.6. The van der Waals surface area contributed by atoms with Crippen LogP contribution in [-0.2, 0) is 9.59 Å². The van der Waals surface area contributed by atoms with Crippen molar-refractivity contribution in [3.8, 4) is 0 Å². The van der Waals surface area contributed by atoms with Gasteiger partial charge in [0.15, 0.2) is 5.17 Å². The molecule has 2 aromatic carbocycles. The van der Waals surface area contributed by atoms with Crippen LogP contribution in [0.1, 0.15) is 28.7 Å². The highest BCUT2D eigenvalue weighted by Gasteiger charge is 2.37. The Morgan fingerprint density at radius 3 is 2.32 bits per heavy atom. The smallest absolute Gasteiger partial charge is 0.242 e. The Balaban J connectivity index is 1.68. The third-order valence-corrected chi connectivity index (χ3v) is 6.25. The molecule has 1 aliphatic heterocycles. The molecule has 1 N–H and O–H groups in total. The van der Waals surface area contributed by atoms with Crippen molar-refractivity contribution in [2.45, 2.75) is 39.4 Å². The minimum atomic E-state index is -0.457. The predicted octanol–water partition coefficient (Wildman–Crippen LogP) is 4.51. The second-order valence-electron chi connectivity index (χ2n) is 7.22. The molecular formula is C22H25N3O2S. The lowest BCUT2D eigenvalue weighted by molar-refractivity contribution is -0.127. The standard InChI is InChI=1S/C22H25N3O2S/c1-13-6-8-17(10-15(13)3)23-20(26)12-19-21(27)25(5)22(28-19)24-18-9-7-14(2)16(4)11-18/h6-11,19H,12H2,1-5H3,(H,23,26)/t19-/m0/s1. The molecule has 1 fully saturated rings. The Morgan fingerprint density at radius 2 is 1.68 bits per heavy atom. The van der Waals surface area contributed by atoms with Crippen LogP contribution in [0.3, 0.4) is 0 Å². The van der Waals surface area contributed by atoms with Gasteiger partial charge in [-0.1, -0.05) is 23.9 Å². The van der Waals surface area contributed by atoms with Gasteiger partial charge in [0.1, 0.15) is 5.25 Å². The van der Waals surface area contributed by atoms with Crippen molar-refractivity contribution in [1.82, 2.24) is 4.90 Å². The van der Waals surface area contributed by atoms with Gasteiger partial charge in [0.25, 0.3) is 0 Å². The van der Waals surface area contributed by atoms with Gasteiger partial charge < -0.3 is 5.32 Å². The topological polar surface area (TPSA) is 61.8 Å². The van der Waals surface area contributed by atoms with E-state index in [0.717, 1.165) is 22.5 Å². The number of aryl methyl sites for hydroxylation is 4. The normalized spacial score (nSPS) is 18.0. The molecule has 0 aliphatic carbocycles. The third-order valence-electron chi connectivity index (χ3n) is 5.02. The molecule has 1 aliphatic rings. The number of carbonyl (C=O) groups is 2. The number of benzene rings is 2. The predicted molar refractivity (Wildman–Crippen MR) is 116 cm³/mol. The van der Waals surface area contributed by atoms with Crippen LogP contribution in [0.5, 0.6) is 0 Å². The van der Waals surface area contributed by atoms with Crippen molar-refractivity contribution in [2.75, 3.05) is 12.4 Å². The molecule has 2 aromatic rings. The highest BCUT2D eigenvalue weighted by Crippen LogP contribution is 2.31. The number of nitrogens with one attached hydrogen (secondary N) is 1. The van der Waals surface area contributed by atoms with Crippen LogP contribution in [0.25, 0.3) is 0 Å². The van der Waals surface area contributed by atoms with E-state index in [2.05, 4.69) is 17.2 Å². The molecule has 0 bridgehead atoms. The van der Waals surface area contributed by atoms with Crippen LogP contribution in [0.15, 0.2) is 41.4 Å². The number of hydrogen-bond donors (Lipinski definition) is 1. The van der Waals surface area contributed by atoms with Crippen LogP contribution in [-0.4, -0.2) is 34.2 Å². The molecule has 0 aromatic heterocycles. The summed E-state index contributed by atoms with van der Waals surface area (Å²) in [5, 5.41) is 3.05. The van der Waals surface area contributed by atoms with Gasteiger partial charge in [-0.3, -0.25) is 14.5 Å². The maximum atomic E-state index is 12.6. The first kappa shape index (κ1) is 20.1. The lowest BCUT2D eigenvalue weighted by Crippen LogP contribution is -2.30. The summed E-state index contributed by atoms with van der Waals surface area (Å²) in [6.07, 6.45) is 0.118. The number of aliphatic imine (C=N–C) groups is 1. The lowest BCUT2D eigenvalue weighted by atomic mass is 10.1. The second-order valence-corrected chi connectivity index (χ2v) is 8.39. The molecule has 2 amide bonds. The highest BCUT2D eigenvalue weighted by atomic mass is 32.2. The SMILES string of the molecule is Cc1ccc(N=C2S[C@@H](CC(=O)Nc3ccc(C)c(C)c3)C(=O)N2C)cc1C. The molecule has 0 radical (unpaired) electrons. The summed E-state index contributed by atoms with van der Waals surface area (Å²) in [5.74, 6) is -0.266. The molecule has 0 spiro atoms. The van der Waals surface area contributed by atoms with E-state index in [4.69, 9.17) is 0 Å². The summed E-state index contributed by atoms with van der Waals surface area (Å²) in [6.45, 7) is 8.12. The van der Waals surface area contributed by atoms with Gasteiger partial charge in [-0.15, -0.1) is 0 Å². The van der Waals surface area contributed by atoms with Crippen LogP contribution in [0.4, 0.5) is 11.4 Å². The zero-order valence-corrected chi connectivity index (χ0v) is 17.7. The Bertz CT molecular complexity index is 968. The minimum absolute atomic E-state index is 0.0946. The van der Waals surface area contributed by atoms with E-state index in [9.17, 15) is 9.59 Å². The first-order valence-electron chi connectivity index (χ1n) is 9.22. The summed E-state index contributed by atoms with van der Waals surface area (Å²) in [5.41, 5.74) is 6.21. The Morgan fingerprint density at radius 1 is 1.04 bits per heavy atom. The molecule has 1 atom stereocenters. The fourth-order valence-corrected chi connectivity index (χ4v) is 4.06. The molecule has 3 rings (SSSR count). The van der Waals surface area contributed by atoms with E-state index in [1.165, 1.54) is 27.8 Å². The molecule has 1 heterocycles. The van der Waals surface area contributed by atoms with Crippen molar-refractivity contribution in [3.63, 3.8) is 0 Å². The van der Waals surface area contributed by atoms with Crippen molar-refractivity contribution < 1.29 is 9.59 Å². The molecule has 5 nitrogen and oxygen atoms in total. The zero-order valence-electron chi connectivity index (χ0n) is 16.9. The van der Waals surface area contributed by atoms with Crippen LogP contribution < -0.4 is 5.32 Å². The number of anilines is 1. The van der Waals surface area contributed by atoms with E-state index in [-0.39, 0.29) is 18.2 Å². The number of hydrogen-bond acceptors (Lipinski definition) is 4. The number of nitrogens with zero attached hydrogens (tertiary/aromatic N) is 2. The highest BCUT2D eigenvalue weighted by molar-refractivity contribution is 8.15. The molecule has 1 saturated heterocycles. The average Bonchev–Trinajstić information content (AvgIpc) is 2.89. The summed E-state index contributed by atoms with van der Waals surface area (Å²) in [6, 6.07) is 11.8. The summed E-state index contributed by atoms with van der Waals surface area (Å²) < 4.78 is 0. The minimum Gasteiger partial charge on any atom is -0.326 e.